The zero-order valence-corrected chi connectivity index (χ0v) is 7.85. The van der Waals surface area contributed by atoms with E-state index in [1.165, 1.54) is 25.0 Å². The molecule has 0 amide bonds. The van der Waals surface area contributed by atoms with Gasteiger partial charge in [0, 0.05) is 0 Å². The highest BCUT2D eigenvalue weighted by Crippen LogP contribution is 2.31. The first-order valence-electron chi connectivity index (χ1n) is 4.33. The highest BCUT2D eigenvalue weighted by Gasteiger charge is 2.22. The van der Waals surface area contributed by atoms with Gasteiger partial charge in [0.05, 0.1) is 11.6 Å². The first kappa shape index (κ1) is 8.82. The third kappa shape index (κ3) is 2.34. The molecule has 0 spiro atoms. The Balaban J connectivity index is 2.01. The molecule has 0 unspecified atom stereocenters. The minimum atomic E-state index is -0.330. The summed E-state index contributed by atoms with van der Waals surface area (Å²) in [7, 11) is 0. The summed E-state index contributed by atoms with van der Waals surface area (Å²) in [5.41, 5.74) is 0. The Kier molecular flexibility index (Phi) is 2.40. The Morgan fingerprint density at radius 1 is 1.46 bits per heavy atom. The van der Waals surface area contributed by atoms with Crippen molar-refractivity contribution >= 4 is 11.6 Å². The molecular formula is C10H10ClFO. The summed E-state index contributed by atoms with van der Waals surface area (Å²) in [6, 6.07) is 4.19. The van der Waals surface area contributed by atoms with E-state index in [4.69, 9.17) is 16.3 Å². The smallest absolute Gasteiger partial charge is 0.138 e. The van der Waals surface area contributed by atoms with E-state index in [2.05, 4.69) is 0 Å². The van der Waals surface area contributed by atoms with Crippen LogP contribution in [0.25, 0.3) is 0 Å². The largest absolute Gasteiger partial charge is 0.492 e. The molecule has 0 heterocycles. The average molecular weight is 201 g/mol. The Morgan fingerprint density at radius 2 is 2.23 bits per heavy atom. The lowest BCUT2D eigenvalue weighted by Gasteiger charge is -2.06. The first-order chi connectivity index (χ1) is 6.25. The van der Waals surface area contributed by atoms with E-state index in [0.29, 0.717) is 23.3 Å². The number of rotatable bonds is 3. The van der Waals surface area contributed by atoms with Crippen LogP contribution in [0.2, 0.25) is 5.02 Å². The van der Waals surface area contributed by atoms with Gasteiger partial charge in [-0.1, -0.05) is 11.6 Å². The lowest BCUT2D eigenvalue weighted by atomic mass is 10.3. The SMILES string of the molecule is Fc1ccc(OCC2CC2)c(Cl)c1. The van der Waals surface area contributed by atoms with Gasteiger partial charge in [-0.15, -0.1) is 0 Å². The molecule has 1 fully saturated rings. The predicted octanol–water partition coefficient (Wildman–Crippen LogP) is 3.27. The minimum Gasteiger partial charge on any atom is -0.492 e. The third-order valence-corrected chi connectivity index (χ3v) is 2.36. The monoisotopic (exact) mass is 200 g/mol. The van der Waals surface area contributed by atoms with Crippen molar-refractivity contribution in [2.75, 3.05) is 6.61 Å². The van der Waals surface area contributed by atoms with E-state index < -0.39 is 0 Å². The molecule has 1 aliphatic rings. The van der Waals surface area contributed by atoms with E-state index in [1.807, 2.05) is 0 Å². The zero-order valence-electron chi connectivity index (χ0n) is 7.09. The molecule has 0 aromatic heterocycles. The zero-order chi connectivity index (χ0) is 9.26. The van der Waals surface area contributed by atoms with E-state index in [0.717, 1.165) is 0 Å². The average Bonchev–Trinajstić information content (AvgIpc) is 2.86. The second kappa shape index (κ2) is 3.54. The maximum Gasteiger partial charge on any atom is 0.138 e. The molecule has 0 saturated heterocycles. The fourth-order valence-corrected chi connectivity index (χ4v) is 1.31. The van der Waals surface area contributed by atoms with Crippen molar-refractivity contribution in [3.8, 4) is 5.75 Å². The van der Waals surface area contributed by atoms with Crippen LogP contribution in [0.3, 0.4) is 0 Å². The van der Waals surface area contributed by atoms with E-state index >= 15 is 0 Å². The van der Waals surface area contributed by atoms with Crippen LogP contribution < -0.4 is 4.74 Å². The molecule has 0 radical (unpaired) electrons. The minimum absolute atomic E-state index is 0.330. The fraction of sp³-hybridized carbons (Fsp3) is 0.400. The second-order valence-electron chi connectivity index (χ2n) is 3.33. The van der Waals surface area contributed by atoms with Crippen molar-refractivity contribution < 1.29 is 9.13 Å². The van der Waals surface area contributed by atoms with E-state index in [1.54, 1.807) is 6.07 Å². The first-order valence-corrected chi connectivity index (χ1v) is 4.71. The molecule has 1 aromatic carbocycles. The van der Waals surface area contributed by atoms with Crippen LogP contribution in [0.15, 0.2) is 18.2 Å². The van der Waals surface area contributed by atoms with Crippen molar-refractivity contribution in [3.63, 3.8) is 0 Å². The normalized spacial score (nSPS) is 15.8. The molecule has 3 heteroatoms. The topological polar surface area (TPSA) is 9.23 Å². The second-order valence-corrected chi connectivity index (χ2v) is 3.74. The summed E-state index contributed by atoms with van der Waals surface area (Å²) in [6.45, 7) is 0.700. The summed E-state index contributed by atoms with van der Waals surface area (Å²) in [5.74, 6) is 0.930. The molecule has 0 aliphatic heterocycles. The van der Waals surface area contributed by atoms with Gasteiger partial charge in [-0.25, -0.2) is 4.39 Å². The quantitative estimate of drug-likeness (QED) is 0.728. The molecule has 0 N–H and O–H groups in total. The summed E-state index contributed by atoms with van der Waals surface area (Å²) in [5, 5.41) is 0.348. The van der Waals surface area contributed by atoms with Gasteiger partial charge < -0.3 is 4.74 Å². The van der Waals surface area contributed by atoms with Gasteiger partial charge >= 0.3 is 0 Å². The standard InChI is InChI=1S/C10H10ClFO/c11-9-5-8(12)3-4-10(9)13-6-7-1-2-7/h3-5,7H,1-2,6H2. The van der Waals surface area contributed by atoms with Crippen molar-refractivity contribution in [1.29, 1.82) is 0 Å². The molecule has 1 aliphatic carbocycles. The maximum absolute atomic E-state index is 12.6. The Labute approximate surface area is 81.5 Å². The van der Waals surface area contributed by atoms with Crippen molar-refractivity contribution in [3.05, 3.63) is 29.0 Å². The number of halogens is 2. The van der Waals surface area contributed by atoms with Crippen LogP contribution in [0.5, 0.6) is 5.75 Å². The van der Waals surface area contributed by atoms with Gasteiger partial charge in [-0.05, 0) is 37.0 Å². The maximum atomic E-state index is 12.6. The van der Waals surface area contributed by atoms with Gasteiger partial charge in [-0.3, -0.25) is 0 Å². The summed E-state index contributed by atoms with van der Waals surface area (Å²) in [6.07, 6.45) is 2.47. The molecule has 0 bridgehead atoms. The number of ether oxygens (including phenoxy) is 1. The molecule has 13 heavy (non-hydrogen) atoms. The number of benzene rings is 1. The molecule has 70 valence electrons. The molecule has 1 saturated carbocycles. The molecule has 0 atom stereocenters. The highest BCUT2D eigenvalue weighted by atomic mass is 35.5. The lowest BCUT2D eigenvalue weighted by Crippen LogP contribution is -1.99. The van der Waals surface area contributed by atoms with Crippen LogP contribution >= 0.6 is 11.6 Å². The Morgan fingerprint density at radius 3 is 2.85 bits per heavy atom. The Hall–Kier alpha value is -0.760. The predicted molar refractivity (Wildman–Crippen MR) is 49.6 cm³/mol. The van der Waals surface area contributed by atoms with Gasteiger partial charge in [0.2, 0.25) is 0 Å². The van der Waals surface area contributed by atoms with E-state index in [-0.39, 0.29) is 5.82 Å². The fourth-order valence-electron chi connectivity index (χ4n) is 1.08. The van der Waals surface area contributed by atoms with Crippen LogP contribution in [0.4, 0.5) is 4.39 Å². The van der Waals surface area contributed by atoms with Crippen LogP contribution in [0, 0.1) is 11.7 Å². The molecule has 1 aromatic rings. The molecule has 1 nitrogen and oxygen atoms in total. The van der Waals surface area contributed by atoms with Gasteiger partial charge in [0.15, 0.2) is 0 Å². The van der Waals surface area contributed by atoms with E-state index in [9.17, 15) is 4.39 Å². The van der Waals surface area contributed by atoms with Gasteiger partial charge in [0.1, 0.15) is 11.6 Å². The summed E-state index contributed by atoms with van der Waals surface area (Å²) in [4.78, 5) is 0. The van der Waals surface area contributed by atoms with Crippen molar-refractivity contribution in [1.82, 2.24) is 0 Å². The molecular weight excluding hydrogens is 191 g/mol. The highest BCUT2D eigenvalue weighted by molar-refractivity contribution is 6.32. The third-order valence-electron chi connectivity index (χ3n) is 2.07. The van der Waals surface area contributed by atoms with Crippen LogP contribution in [-0.2, 0) is 0 Å². The Bertz CT molecular complexity index is 310. The van der Waals surface area contributed by atoms with Gasteiger partial charge in [-0.2, -0.15) is 0 Å². The van der Waals surface area contributed by atoms with Gasteiger partial charge in [0.25, 0.3) is 0 Å². The van der Waals surface area contributed by atoms with Crippen LogP contribution in [-0.4, -0.2) is 6.61 Å². The number of hydrogen-bond donors (Lipinski definition) is 0. The molecule has 2 rings (SSSR count). The van der Waals surface area contributed by atoms with Crippen LogP contribution in [0.1, 0.15) is 12.8 Å². The lowest BCUT2D eigenvalue weighted by molar-refractivity contribution is 0.299. The van der Waals surface area contributed by atoms with Crippen molar-refractivity contribution in [2.45, 2.75) is 12.8 Å². The summed E-state index contributed by atoms with van der Waals surface area (Å²) < 4.78 is 18.0. The van der Waals surface area contributed by atoms with Crippen molar-refractivity contribution in [2.24, 2.45) is 5.92 Å². The summed E-state index contributed by atoms with van der Waals surface area (Å²) >= 11 is 5.77. The number of hydrogen-bond acceptors (Lipinski definition) is 1.